The molecule has 0 saturated heterocycles. The highest BCUT2D eigenvalue weighted by Gasteiger charge is 2.16. The molecule has 0 spiro atoms. The van der Waals surface area contributed by atoms with Gasteiger partial charge < -0.3 is 5.73 Å². The van der Waals surface area contributed by atoms with Crippen molar-refractivity contribution in [1.29, 1.82) is 0 Å². The van der Waals surface area contributed by atoms with E-state index in [0.717, 1.165) is 10.6 Å². The van der Waals surface area contributed by atoms with Gasteiger partial charge in [0, 0.05) is 7.05 Å². The van der Waals surface area contributed by atoms with Crippen LogP contribution in [0.2, 0.25) is 10.0 Å². The highest BCUT2D eigenvalue weighted by molar-refractivity contribution is 6.42. The Kier molecular flexibility index (Phi) is 4.56. The summed E-state index contributed by atoms with van der Waals surface area (Å²) in [6.45, 7) is 0. The van der Waals surface area contributed by atoms with E-state index in [-0.39, 0.29) is 5.91 Å². The van der Waals surface area contributed by atoms with Gasteiger partial charge >= 0.3 is 0 Å². The Bertz CT molecular complexity index is 396. The largest absolute Gasteiger partial charge is 0.320 e. The molecule has 0 aromatic heterocycles. The van der Waals surface area contributed by atoms with Crippen molar-refractivity contribution in [3.05, 3.63) is 33.8 Å². The summed E-state index contributed by atoms with van der Waals surface area (Å²) in [6.07, 6.45) is 0.372. The van der Waals surface area contributed by atoms with E-state index in [1.54, 1.807) is 18.2 Å². The van der Waals surface area contributed by atoms with Crippen molar-refractivity contribution in [3.63, 3.8) is 0 Å². The molecule has 0 radical (unpaired) electrons. The van der Waals surface area contributed by atoms with Gasteiger partial charge in [0.25, 0.3) is 5.91 Å². The quantitative estimate of drug-likeness (QED) is 0.488. The second-order valence-electron chi connectivity index (χ2n) is 3.51. The summed E-state index contributed by atoms with van der Waals surface area (Å²) in [5, 5.41) is 1.89. The first kappa shape index (κ1) is 13.3. The van der Waals surface area contributed by atoms with Gasteiger partial charge in [-0.1, -0.05) is 29.3 Å². The monoisotopic (exact) mass is 261 g/mol. The van der Waals surface area contributed by atoms with E-state index in [0.29, 0.717) is 16.5 Å². The average molecular weight is 262 g/mol. The Labute approximate surface area is 104 Å². The van der Waals surface area contributed by atoms with E-state index in [1.165, 1.54) is 7.05 Å². The van der Waals surface area contributed by atoms with Crippen LogP contribution in [0.1, 0.15) is 5.56 Å². The number of halogens is 2. The van der Waals surface area contributed by atoms with Crippen molar-refractivity contribution in [3.8, 4) is 0 Å². The van der Waals surface area contributed by atoms with Crippen LogP contribution in [-0.4, -0.2) is 24.0 Å². The van der Waals surface area contributed by atoms with Crippen LogP contribution in [0.4, 0.5) is 0 Å². The Morgan fingerprint density at radius 1 is 1.44 bits per heavy atom. The topological polar surface area (TPSA) is 72.3 Å². The zero-order valence-corrected chi connectivity index (χ0v) is 10.3. The maximum atomic E-state index is 11.4. The Morgan fingerprint density at radius 2 is 2.06 bits per heavy atom. The Hall–Kier alpha value is -0.810. The number of nitrogens with zero attached hydrogens (tertiary/aromatic N) is 1. The van der Waals surface area contributed by atoms with Crippen LogP contribution in [0.3, 0.4) is 0 Å². The molecule has 1 aromatic carbocycles. The number of benzene rings is 1. The first-order chi connectivity index (χ1) is 7.41. The minimum Gasteiger partial charge on any atom is -0.320 e. The summed E-state index contributed by atoms with van der Waals surface area (Å²) < 4.78 is 0. The van der Waals surface area contributed by atoms with E-state index in [9.17, 15) is 4.79 Å². The molecule has 1 unspecified atom stereocenters. The normalized spacial score (nSPS) is 12.3. The smallest absolute Gasteiger partial charge is 0.253 e. The van der Waals surface area contributed by atoms with E-state index in [4.69, 9.17) is 34.8 Å². The number of carbonyl (C=O) groups is 1. The second-order valence-corrected chi connectivity index (χ2v) is 4.32. The van der Waals surface area contributed by atoms with Crippen molar-refractivity contribution < 1.29 is 4.79 Å². The zero-order chi connectivity index (χ0) is 12.3. The lowest BCUT2D eigenvalue weighted by Crippen LogP contribution is -2.46. The standard InChI is InChI=1S/C10H13Cl2N3O/c1-15(14)10(16)9(13)5-6-2-3-7(11)8(12)4-6/h2-4,9H,5,13-14H2,1H3. The summed E-state index contributed by atoms with van der Waals surface area (Å²) in [6, 6.07) is 4.46. The van der Waals surface area contributed by atoms with Crippen molar-refractivity contribution in [1.82, 2.24) is 5.01 Å². The molecule has 88 valence electrons. The summed E-state index contributed by atoms with van der Waals surface area (Å²) in [5.74, 6) is 4.97. The molecule has 1 rings (SSSR count). The molecule has 0 fully saturated rings. The summed E-state index contributed by atoms with van der Waals surface area (Å²) >= 11 is 11.6. The van der Waals surface area contributed by atoms with Crippen LogP contribution in [-0.2, 0) is 11.2 Å². The van der Waals surface area contributed by atoms with Crippen molar-refractivity contribution in [2.24, 2.45) is 11.6 Å². The van der Waals surface area contributed by atoms with Crippen LogP contribution in [0.5, 0.6) is 0 Å². The third kappa shape index (κ3) is 3.35. The molecule has 0 aliphatic heterocycles. The molecule has 1 aromatic rings. The van der Waals surface area contributed by atoms with Gasteiger partial charge in [-0.3, -0.25) is 9.80 Å². The maximum absolute atomic E-state index is 11.4. The minimum atomic E-state index is -0.674. The van der Waals surface area contributed by atoms with Gasteiger partial charge in [0.2, 0.25) is 0 Å². The molecule has 1 amide bonds. The molecule has 1 atom stereocenters. The minimum absolute atomic E-state index is 0.328. The first-order valence-corrected chi connectivity index (χ1v) is 5.39. The third-order valence-corrected chi connectivity index (χ3v) is 2.84. The molecule has 0 heterocycles. The van der Waals surface area contributed by atoms with Crippen LogP contribution in [0.15, 0.2) is 18.2 Å². The Morgan fingerprint density at radius 3 is 2.56 bits per heavy atom. The van der Waals surface area contributed by atoms with Gasteiger partial charge in [0.05, 0.1) is 16.1 Å². The predicted octanol–water partition coefficient (Wildman–Crippen LogP) is 1.20. The van der Waals surface area contributed by atoms with Gasteiger partial charge in [-0.05, 0) is 24.1 Å². The van der Waals surface area contributed by atoms with Gasteiger partial charge in [-0.2, -0.15) is 0 Å². The van der Waals surface area contributed by atoms with Crippen LogP contribution in [0.25, 0.3) is 0 Å². The molecule has 0 aliphatic carbocycles. The van der Waals surface area contributed by atoms with Crippen molar-refractivity contribution in [2.45, 2.75) is 12.5 Å². The number of hydrogen-bond donors (Lipinski definition) is 2. The van der Waals surface area contributed by atoms with E-state index < -0.39 is 6.04 Å². The van der Waals surface area contributed by atoms with E-state index in [1.807, 2.05) is 0 Å². The highest BCUT2D eigenvalue weighted by Crippen LogP contribution is 2.23. The van der Waals surface area contributed by atoms with Crippen LogP contribution < -0.4 is 11.6 Å². The molecule has 0 bridgehead atoms. The number of hydrazine groups is 1. The molecular formula is C10H13Cl2N3O. The summed E-state index contributed by atoms with van der Waals surface area (Å²) in [4.78, 5) is 11.4. The molecule has 16 heavy (non-hydrogen) atoms. The fourth-order valence-electron chi connectivity index (χ4n) is 1.27. The molecule has 4 nitrogen and oxygen atoms in total. The lowest BCUT2D eigenvalue weighted by Gasteiger charge is -2.16. The highest BCUT2D eigenvalue weighted by atomic mass is 35.5. The number of amides is 1. The lowest BCUT2D eigenvalue weighted by molar-refractivity contribution is -0.131. The first-order valence-electron chi connectivity index (χ1n) is 4.63. The number of hydrogen-bond acceptors (Lipinski definition) is 3. The van der Waals surface area contributed by atoms with Gasteiger partial charge in [-0.25, -0.2) is 5.84 Å². The maximum Gasteiger partial charge on any atom is 0.253 e. The van der Waals surface area contributed by atoms with Crippen LogP contribution >= 0.6 is 23.2 Å². The summed E-state index contributed by atoms with van der Waals surface area (Å²) in [5.41, 5.74) is 6.54. The molecule has 0 aliphatic rings. The SMILES string of the molecule is CN(N)C(=O)C(N)Cc1ccc(Cl)c(Cl)c1. The van der Waals surface area contributed by atoms with Gasteiger partial charge in [0.1, 0.15) is 0 Å². The molecular weight excluding hydrogens is 249 g/mol. The number of nitrogens with two attached hydrogens (primary N) is 2. The second kappa shape index (κ2) is 5.50. The van der Waals surface area contributed by atoms with Crippen molar-refractivity contribution >= 4 is 29.1 Å². The van der Waals surface area contributed by atoms with Crippen molar-refractivity contribution in [2.75, 3.05) is 7.05 Å². The molecule has 4 N–H and O–H groups in total. The predicted molar refractivity (Wildman–Crippen MR) is 65.1 cm³/mol. The lowest BCUT2D eigenvalue weighted by atomic mass is 10.1. The molecule has 0 saturated carbocycles. The van der Waals surface area contributed by atoms with Gasteiger partial charge in [0.15, 0.2) is 0 Å². The molecule has 6 heteroatoms. The van der Waals surface area contributed by atoms with E-state index >= 15 is 0 Å². The van der Waals surface area contributed by atoms with Crippen LogP contribution in [0, 0.1) is 0 Å². The number of likely N-dealkylation sites (N-methyl/N-ethyl adjacent to an activating group) is 1. The number of rotatable bonds is 3. The third-order valence-electron chi connectivity index (χ3n) is 2.10. The summed E-state index contributed by atoms with van der Waals surface area (Å²) in [7, 11) is 1.46. The average Bonchev–Trinajstić information content (AvgIpc) is 2.22. The Balaban J connectivity index is 2.73. The van der Waals surface area contributed by atoms with Gasteiger partial charge in [-0.15, -0.1) is 0 Å². The fourth-order valence-corrected chi connectivity index (χ4v) is 1.59. The fraction of sp³-hybridized carbons (Fsp3) is 0.300. The number of carbonyl (C=O) groups excluding carboxylic acids is 1. The zero-order valence-electron chi connectivity index (χ0n) is 8.78. The van der Waals surface area contributed by atoms with E-state index in [2.05, 4.69) is 0 Å².